The number of hydrazone groups is 1. The molecule has 1 aliphatic heterocycles. The van der Waals surface area contributed by atoms with E-state index in [1.54, 1.807) is 19.2 Å². The molecule has 1 aromatic heterocycles. The molecule has 5 rings (SSSR count). The maximum atomic E-state index is 13.2. The molecule has 10 nitrogen and oxygen atoms in total. The predicted molar refractivity (Wildman–Crippen MR) is 136 cm³/mol. The molecule has 0 spiro atoms. The summed E-state index contributed by atoms with van der Waals surface area (Å²) < 4.78 is 10.3. The van der Waals surface area contributed by atoms with Gasteiger partial charge in [-0.25, -0.2) is 14.6 Å². The zero-order valence-electron chi connectivity index (χ0n) is 19.8. The summed E-state index contributed by atoms with van der Waals surface area (Å²) in [6.45, 7) is -0.630. The molecule has 0 bridgehead atoms. The van der Waals surface area contributed by atoms with Crippen molar-refractivity contribution >= 4 is 28.4 Å². The second-order valence-electron chi connectivity index (χ2n) is 8.42. The number of nitrogens with one attached hydrogen (secondary N) is 2. The van der Waals surface area contributed by atoms with Crippen LogP contribution in [0, 0.1) is 0 Å². The van der Waals surface area contributed by atoms with Crippen molar-refractivity contribution in [3.8, 4) is 5.75 Å². The van der Waals surface area contributed by atoms with Crippen molar-refractivity contribution < 1.29 is 19.1 Å². The number of hydrogen-bond donors (Lipinski definition) is 2. The van der Waals surface area contributed by atoms with Gasteiger partial charge in [0.05, 0.1) is 18.9 Å². The number of esters is 1. The number of aromatic amines is 2. The number of carbonyl (C=O) groups excluding carboxylic acids is 2. The Bertz CT molecular complexity index is 1610. The largest absolute Gasteiger partial charge is 0.497 e. The summed E-state index contributed by atoms with van der Waals surface area (Å²) >= 11 is 0. The van der Waals surface area contributed by atoms with Gasteiger partial charge in [0.25, 0.3) is 11.5 Å². The molecule has 37 heavy (non-hydrogen) atoms. The lowest BCUT2D eigenvalue weighted by Gasteiger charge is -2.22. The summed E-state index contributed by atoms with van der Waals surface area (Å²) in [5, 5.41) is 8.06. The highest BCUT2D eigenvalue weighted by Crippen LogP contribution is 2.34. The topological polar surface area (TPSA) is 134 Å². The van der Waals surface area contributed by atoms with Crippen molar-refractivity contribution in [3.63, 3.8) is 0 Å². The highest BCUT2D eigenvalue weighted by molar-refractivity contribution is 6.05. The highest BCUT2D eigenvalue weighted by Gasteiger charge is 2.33. The maximum Gasteiger partial charge on any atom is 0.355 e. The molecule has 10 heteroatoms. The van der Waals surface area contributed by atoms with Gasteiger partial charge >= 0.3 is 11.7 Å². The number of ether oxygens (including phenoxy) is 2. The number of aromatic nitrogens is 2. The molecule has 186 valence electrons. The lowest BCUT2D eigenvalue weighted by molar-refractivity contribution is -0.136. The van der Waals surface area contributed by atoms with Crippen LogP contribution in [0.25, 0.3) is 10.8 Å². The number of benzene rings is 3. The third kappa shape index (κ3) is 5.03. The Kier molecular flexibility index (Phi) is 6.38. The number of H-pyrrole nitrogens is 2. The Labute approximate surface area is 210 Å². The van der Waals surface area contributed by atoms with E-state index in [1.165, 1.54) is 5.01 Å². The van der Waals surface area contributed by atoms with Crippen LogP contribution in [0.15, 0.2) is 87.5 Å². The third-order valence-corrected chi connectivity index (χ3v) is 6.06. The predicted octanol–water partition coefficient (Wildman–Crippen LogP) is 2.76. The number of methoxy groups -OCH3 is 1. The first-order valence-electron chi connectivity index (χ1n) is 11.4. The van der Waals surface area contributed by atoms with Gasteiger partial charge in [0.1, 0.15) is 11.4 Å². The number of hydrogen-bond acceptors (Lipinski definition) is 7. The SMILES string of the molecule is COc1ccc(C2CC(c3ccc4ccccc4c3)=NN2C(=O)COC(=O)c2cc(=O)[nH]c(=O)[nH]2)cc1. The smallest absolute Gasteiger partial charge is 0.355 e. The molecular formula is C27H22N4O6. The van der Waals surface area contributed by atoms with Gasteiger partial charge in [-0.05, 0) is 40.1 Å². The minimum Gasteiger partial charge on any atom is -0.497 e. The minimum atomic E-state index is -1.00. The van der Waals surface area contributed by atoms with Crippen LogP contribution in [0.2, 0.25) is 0 Å². The van der Waals surface area contributed by atoms with Crippen molar-refractivity contribution in [1.29, 1.82) is 0 Å². The van der Waals surface area contributed by atoms with E-state index in [-0.39, 0.29) is 5.69 Å². The standard InChI is InChI=1S/C27H22N4O6/c1-36-20-10-8-17(9-11-20)23-13-21(19-7-6-16-4-2-3-5-18(16)12-19)30-31(23)25(33)15-37-26(34)22-14-24(32)29-27(35)28-22/h2-12,14,23H,13,15H2,1H3,(H2,28,29,32,35). The van der Waals surface area contributed by atoms with Gasteiger partial charge in [-0.1, -0.05) is 48.5 Å². The monoisotopic (exact) mass is 498 g/mol. The Balaban J connectivity index is 1.41. The lowest BCUT2D eigenvalue weighted by atomic mass is 9.97. The van der Waals surface area contributed by atoms with E-state index in [0.29, 0.717) is 17.9 Å². The first kappa shape index (κ1) is 23.7. The van der Waals surface area contributed by atoms with Gasteiger partial charge in [0.15, 0.2) is 6.61 Å². The van der Waals surface area contributed by atoms with E-state index in [2.05, 4.69) is 10.1 Å². The number of amides is 1. The van der Waals surface area contributed by atoms with Gasteiger partial charge in [-0.3, -0.25) is 14.6 Å². The molecule has 2 N–H and O–H groups in total. The molecule has 2 heterocycles. The summed E-state index contributed by atoms with van der Waals surface area (Å²) in [5.41, 5.74) is 0.463. The molecule has 3 aromatic carbocycles. The van der Waals surface area contributed by atoms with E-state index < -0.39 is 35.8 Å². The second-order valence-corrected chi connectivity index (χ2v) is 8.42. The molecule has 4 aromatic rings. The molecule has 0 radical (unpaired) electrons. The zero-order valence-corrected chi connectivity index (χ0v) is 19.8. The molecule has 0 aliphatic carbocycles. The summed E-state index contributed by atoms with van der Waals surface area (Å²) in [6, 6.07) is 21.7. The summed E-state index contributed by atoms with van der Waals surface area (Å²) in [7, 11) is 1.57. The van der Waals surface area contributed by atoms with Gasteiger partial charge in [-0.15, -0.1) is 0 Å². The fourth-order valence-electron chi connectivity index (χ4n) is 4.22. The van der Waals surface area contributed by atoms with Gasteiger partial charge < -0.3 is 14.5 Å². The Hall–Kier alpha value is -4.99. The molecule has 1 unspecified atom stereocenters. The average Bonchev–Trinajstić information content (AvgIpc) is 3.36. The van der Waals surface area contributed by atoms with E-state index in [4.69, 9.17) is 9.47 Å². The van der Waals surface area contributed by atoms with Gasteiger partial charge in [0.2, 0.25) is 0 Å². The molecule has 0 saturated carbocycles. The normalized spacial score (nSPS) is 14.9. The summed E-state index contributed by atoms with van der Waals surface area (Å²) in [4.78, 5) is 52.6. The van der Waals surface area contributed by atoms with Crippen molar-refractivity contribution in [2.45, 2.75) is 12.5 Å². The van der Waals surface area contributed by atoms with Crippen LogP contribution in [0.1, 0.15) is 34.1 Å². The Morgan fingerprint density at radius 2 is 1.73 bits per heavy atom. The van der Waals surface area contributed by atoms with Crippen LogP contribution < -0.4 is 16.0 Å². The van der Waals surface area contributed by atoms with Crippen LogP contribution in [-0.2, 0) is 9.53 Å². The molecule has 1 aliphatic rings. The second kappa shape index (κ2) is 9.94. The van der Waals surface area contributed by atoms with Crippen molar-refractivity contribution in [2.75, 3.05) is 13.7 Å². The van der Waals surface area contributed by atoms with Crippen molar-refractivity contribution in [1.82, 2.24) is 15.0 Å². The summed E-state index contributed by atoms with van der Waals surface area (Å²) in [5.74, 6) is -0.885. The van der Waals surface area contributed by atoms with Crippen LogP contribution in [0.4, 0.5) is 0 Å². The zero-order chi connectivity index (χ0) is 25.9. The first-order chi connectivity index (χ1) is 17.9. The Morgan fingerprint density at radius 3 is 2.46 bits per heavy atom. The fraction of sp³-hybridized carbons (Fsp3) is 0.148. The van der Waals surface area contributed by atoms with Gasteiger partial charge in [0, 0.05) is 12.5 Å². The molecule has 1 amide bonds. The highest BCUT2D eigenvalue weighted by atomic mass is 16.5. The van der Waals surface area contributed by atoms with E-state index in [9.17, 15) is 19.2 Å². The average molecular weight is 498 g/mol. The molecule has 0 fully saturated rings. The molecule has 0 saturated heterocycles. The Morgan fingerprint density at radius 1 is 0.973 bits per heavy atom. The van der Waals surface area contributed by atoms with Crippen LogP contribution in [0.3, 0.4) is 0 Å². The van der Waals surface area contributed by atoms with E-state index in [1.807, 2.05) is 59.6 Å². The quantitative estimate of drug-likeness (QED) is 0.393. The van der Waals surface area contributed by atoms with Crippen LogP contribution in [0.5, 0.6) is 5.75 Å². The summed E-state index contributed by atoms with van der Waals surface area (Å²) in [6.07, 6.45) is 0.450. The van der Waals surface area contributed by atoms with Crippen molar-refractivity contribution in [2.24, 2.45) is 5.10 Å². The lowest BCUT2D eigenvalue weighted by Crippen LogP contribution is -2.32. The fourth-order valence-corrected chi connectivity index (χ4v) is 4.22. The first-order valence-corrected chi connectivity index (χ1v) is 11.4. The van der Waals surface area contributed by atoms with E-state index >= 15 is 0 Å². The van der Waals surface area contributed by atoms with Gasteiger partial charge in [-0.2, -0.15) is 5.10 Å². The number of fused-ring (bicyclic) bond motifs is 1. The molecule has 1 atom stereocenters. The molecular weight excluding hydrogens is 476 g/mol. The minimum absolute atomic E-state index is 0.352. The maximum absolute atomic E-state index is 13.2. The van der Waals surface area contributed by atoms with Crippen molar-refractivity contribution in [3.05, 3.63) is 110 Å². The third-order valence-electron chi connectivity index (χ3n) is 6.06. The van der Waals surface area contributed by atoms with Crippen LogP contribution >= 0.6 is 0 Å². The number of nitrogens with zero attached hydrogens (tertiary/aromatic N) is 2. The number of rotatable bonds is 6. The van der Waals surface area contributed by atoms with Crippen LogP contribution in [-0.4, -0.2) is 46.3 Å². The van der Waals surface area contributed by atoms with E-state index in [0.717, 1.165) is 28.0 Å². The number of carbonyl (C=O) groups is 2.